The molecule has 2 fully saturated rings. The van der Waals surface area contributed by atoms with Crippen LogP contribution in [0.4, 0.5) is 0 Å². The van der Waals surface area contributed by atoms with Crippen LogP contribution in [-0.2, 0) is 11.3 Å². The molecular formula is C18H25ClN2O. The summed E-state index contributed by atoms with van der Waals surface area (Å²) < 4.78 is 0. The Labute approximate surface area is 138 Å². The van der Waals surface area contributed by atoms with Crippen LogP contribution in [0.2, 0.25) is 0 Å². The van der Waals surface area contributed by atoms with E-state index in [1.165, 1.54) is 37.7 Å². The molecule has 2 atom stereocenters. The fraction of sp³-hybridized carbons (Fsp3) is 0.611. The van der Waals surface area contributed by atoms with Crippen LogP contribution in [0.5, 0.6) is 0 Å². The third kappa shape index (κ3) is 4.02. The topological polar surface area (TPSA) is 32.3 Å². The van der Waals surface area contributed by atoms with Crippen LogP contribution in [0.3, 0.4) is 0 Å². The Kier molecular flexibility index (Phi) is 5.37. The molecule has 0 aromatic heterocycles. The molecule has 2 aliphatic carbocycles. The molecule has 0 heterocycles. The molecule has 2 saturated carbocycles. The summed E-state index contributed by atoms with van der Waals surface area (Å²) >= 11 is 5.68. The summed E-state index contributed by atoms with van der Waals surface area (Å²) in [5.41, 5.74) is 1.36. The molecule has 1 amide bonds. The molecule has 0 aliphatic heterocycles. The number of benzene rings is 1. The molecule has 22 heavy (non-hydrogen) atoms. The number of nitrogens with one attached hydrogen (secondary N) is 1. The molecular weight excluding hydrogens is 296 g/mol. The molecule has 4 heteroatoms. The Morgan fingerprint density at radius 2 is 1.86 bits per heavy atom. The predicted molar refractivity (Wildman–Crippen MR) is 89.9 cm³/mol. The third-order valence-electron chi connectivity index (χ3n) is 4.85. The molecule has 0 radical (unpaired) electrons. The summed E-state index contributed by atoms with van der Waals surface area (Å²) in [6, 6.07) is 12.1. The Morgan fingerprint density at radius 3 is 2.55 bits per heavy atom. The quantitative estimate of drug-likeness (QED) is 0.816. The summed E-state index contributed by atoms with van der Waals surface area (Å²) in [6.45, 7) is 0.990. The maximum Gasteiger partial charge on any atom is 0.235 e. The van der Waals surface area contributed by atoms with E-state index in [9.17, 15) is 4.79 Å². The van der Waals surface area contributed by atoms with Crippen LogP contribution in [0.15, 0.2) is 30.3 Å². The molecule has 120 valence electrons. The Bertz CT molecular complexity index is 489. The van der Waals surface area contributed by atoms with E-state index in [-0.39, 0.29) is 17.8 Å². The second-order valence-electron chi connectivity index (χ2n) is 6.55. The number of hydrogen-bond acceptors (Lipinski definition) is 2. The van der Waals surface area contributed by atoms with E-state index in [4.69, 9.17) is 11.6 Å². The van der Waals surface area contributed by atoms with Gasteiger partial charge in [-0.2, -0.15) is 0 Å². The molecule has 3 nitrogen and oxygen atoms in total. The van der Waals surface area contributed by atoms with Crippen molar-refractivity contribution in [2.24, 2.45) is 0 Å². The molecule has 2 aliphatic rings. The van der Waals surface area contributed by atoms with Crippen molar-refractivity contribution < 1.29 is 4.79 Å². The van der Waals surface area contributed by atoms with Crippen molar-refractivity contribution in [3.05, 3.63) is 35.9 Å². The second-order valence-corrected chi connectivity index (χ2v) is 6.82. The average Bonchev–Trinajstić information content (AvgIpc) is 3.39. The lowest BCUT2D eigenvalue weighted by Crippen LogP contribution is -2.54. The summed E-state index contributed by atoms with van der Waals surface area (Å²) in [7, 11) is 0. The lowest BCUT2D eigenvalue weighted by Gasteiger charge is -2.40. The Hall–Kier alpha value is -1.06. The number of amides is 1. The molecule has 0 saturated heterocycles. The lowest BCUT2D eigenvalue weighted by atomic mass is 9.88. The largest absolute Gasteiger partial charge is 0.351 e. The molecule has 0 unspecified atom stereocenters. The van der Waals surface area contributed by atoms with Crippen LogP contribution in [0.1, 0.15) is 44.1 Å². The van der Waals surface area contributed by atoms with Gasteiger partial charge in [-0.3, -0.25) is 9.69 Å². The average molecular weight is 321 g/mol. The first-order valence-corrected chi connectivity index (χ1v) is 8.96. The van der Waals surface area contributed by atoms with Crippen LogP contribution >= 0.6 is 11.6 Å². The fourth-order valence-corrected chi connectivity index (χ4v) is 3.72. The monoisotopic (exact) mass is 320 g/mol. The maximum absolute atomic E-state index is 11.7. The van der Waals surface area contributed by atoms with Gasteiger partial charge in [0.15, 0.2) is 0 Å². The zero-order chi connectivity index (χ0) is 15.4. The van der Waals surface area contributed by atoms with E-state index in [0.717, 1.165) is 13.0 Å². The highest BCUT2D eigenvalue weighted by atomic mass is 35.5. The van der Waals surface area contributed by atoms with Crippen molar-refractivity contribution in [2.75, 3.05) is 5.88 Å². The van der Waals surface area contributed by atoms with Gasteiger partial charge in [0.2, 0.25) is 5.91 Å². The van der Waals surface area contributed by atoms with Crippen molar-refractivity contribution in [1.82, 2.24) is 10.2 Å². The SMILES string of the molecule is O=C(CCl)N[C@H]1CCCC[C@@H]1N(Cc1ccccc1)C1CC1. The summed E-state index contributed by atoms with van der Waals surface area (Å²) in [4.78, 5) is 14.4. The van der Waals surface area contributed by atoms with Gasteiger partial charge in [0.05, 0.1) is 0 Å². The highest BCUT2D eigenvalue weighted by molar-refractivity contribution is 6.27. The van der Waals surface area contributed by atoms with E-state index < -0.39 is 0 Å². The van der Waals surface area contributed by atoms with Crippen LogP contribution < -0.4 is 5.32 Å². The van der Waals surface area contributed by atoms with Gasteiger partial charge in [0, 0.05) is 24.7 Å². The lowest BCUT2D eigenvalue weighted by molar-refractivity contribution is -0.120. The van der Waals surface area contributed by atoms with Gasteiger partial charge in [-0.15, -0.1) is 11.6 Å². The van der Waals surface area contributed by atoms with E-state index in [1.54, 1.807) is 0 Å². The maximum atomic E-state index is 11.7. The number of hydrogen-bond donors (Lipinski definition) is 1. The fourth-order valence-electron chi connectivity index (χ4n) is 3.64. The number of nitrogens with zero attached hydrogens (tertiary/aromatic N) is 1. The zero-order valence-corrected chi connectivity index (χ0v) is 13.8. The zero-order valence-electron chi connectivity index (χ0n) is 13.0. The van der Waals surface area contributed by atoms with Gasteiger partial charge in [-0.25, -0.2) is 0 Å². The van der Waals surface area contributed by atoms with Gasteiger partial charge < -0.3 is 5.32 Å². The highest BCUT2D eigenvalue weighted by Gasteiger charge is 2.38. The van der Waals surface area contributed by atoms with E-state index in [0.29, 0.717) is 12.1 Å². The van der Waals surface area contributed by atoms with Crippen LogP contribution in [0, 0.1) is 0 Å². The van der Waals surface area contributed by atoms with Crippen LogP contribution in [0.25, 0.3) is 0 Å². The number of halogens is 1. The number of carbonyl (C=O) groups excluding carboxylic acids is 1. The van der Waals surface area contributed by atoms with Crippen molar-refractivity contribution in [2.45, 2.75) is 63.2 Å². The van der Waals surface area contributed by atoms with Gasteiger partial charge in [0.1, 0.15) is 5.88 Å². The van der Waals surface area contributed by atoms with Crippen molar-refractivity contribution in [3.63, 3.8) is 0 Å². The first-order valence-electron chi connectivity index (χ1n) is 8.43. The summed E-state index contributed by atoms with van der Waals surface area (Å²) in [6.07, 6.45) is 7.30. The molecule has 1 aromatic rings. The van der Waals surface area contributed by atoms with Crippen LogP contribution in [-0.4, -0.2) is 34.8 Å². The van der Waals surface area contributed by atoms with Gasteiger partial charge in [-0.05, 0) is 31.2 Å². The van der Waals surface area contributed by atoms with E-state index in [2.05, 4.69) is 40.5 Å². The standard InChI is InChI=1S/C18H25ClN2O/c19-12-18(22)20-16-8-4-5-9-17(16)21(15-10-11-15)13-14-6-2-1-3-7-14/h1-3,6-7,15-17H,4-5,8-13H2,(H,20,22)/t16-,17-/m0/s1. The second kappa shape index (κ2) is 7.47. The summed E-state index contributed by atoms with van der Waals surface area (Å²) in [5, 5.41) is 3.15. The van der Waals surface area contributed by atoms with Gasteiger partial charge >= 0.3 is 0 Å². The molecule has 1 N–H and O–H groups in total. The minimum atomic E-state index is -0.0333. The number of alkyl halides is 1. The smallest absolute Gasteiger partial charge is 0.235 e. The normalized spacial score (nSPS) is 25.2. The van der Waals surface area contributed by atoms with Crippen molar-refractivity contribution >= 4 is 17.5 Å². The first-order chi connectivity index (χ1) is 10.8. The Balaban J connectivity index is 1.72. The van der Waals surface area contributed by atoms with Gasteiger partial charge in [-0.1, -0.05) is 43.2 Å². The molecule has 0 spiro atoms. The minimum Gasteiger partial charge on any atom is -0.351 e. The Morgan fingerprint density at radius 1 is 1.14 bits per heavy atom. The molecule has 1 aromatic carbocycles. The minimum absolute atomic E-state index is 0.0333. The summed E-state index contributed by atoms with van der Waals surface area (Å²) in [5.74, 6) is 0.0275. The van der Waals surface area contributed by atoms with Crippen molar-refractivity contribution in [1.29, 1.82) is 0 Å². The van der Waals surface area contributed by atoms with Gasteiger partial charge in [0.25, 0.3) is 0 Å². The number of carbonyl (C=O) groups is 1. The van der Waals surface area contributed by atoms with Crippen molar-refractivity contribution in [3.8, 4) is 0 Å². The van der Waals surface area contributed by atoms with E-state index in [1.807, 2.05) is 0 Å². The third-order valence-corrected chi connectivity index (χ3v) is 5.09. The van der Waals surface area contributed by atoms with E-state index >= 15 is 0 Å². The predicted octanol–water partition coefficient (Wildman–Crippen LogP) is 3.32. The first kappa shape index (κ1) is 15.8. The molecule has 3 rings (SSSR count). The highest BCUT2D eigenvalue weighted by Crippen LogP contribution is 2.35. The molecule has 0 bridgehead atoms. The number of rotatable bonds is 6.